The number of aliphatic hydroxyl groups excluding tert-OH is 1. The summed E-state index contributed by atoms with van der Waals surface area (Å²) in [6.07, 6.45) is -10.7. The van der Waals surface area contributed by atoms with Crippen molar-refractivity contribution in [1.29, 1.82) is 0 Å². The van der Waals surface area contributed by atoms with E-state index in [4.69, 9.17) is 11.6 Å². The summed E-state index contributed by atoms with van der Waals surface area (Å²) < 4.78 is 59.9. The van der Waals surface area contributed by atoms with E-state index in [1.54, 1.807) is 7.05 Å². The summed E-state index contributed by atoms with van der Waals surface area (Å²) in [7, 11) is 1.56. The van der Waals surface area contributed by atoms with Gasteiger partial charge in [-0.1, -0.05) is 11.6 Å². The molecular weight excluding hydrogens is 306 g/mol. The van der Waals surface area contributed by atoms with E-state index in [2.05, 4.69) is 14.8 Å². The Morgan fingerprint density at radius 2 is 1.70 bits per heavy atom. The lowest BCUT2D eigenvalue weighted by Crippen LogP contribution is -2.52. The molecule has 9 heteroatoms. The van der Waals surface area contributed by atoms with E-state index in [0.717, 1.165) is 12.1 Å². The predicted molar refractivity (Wildman–Crippen MR) is 61.5 cm³/mol. The number of fused-ring (bicyclic) bond motifs is 1. The highest BCUT2D eigenvalue weighted by molar-refractivity contribution is 6.31. The number of nitrogens with one attached hydrogen (secondary N) is 1. The summed E-state index contributed by atoms with van der Waals surface area (Å²) in [4.78, 5) is 0. The van der Waals surface area contributed by atoms with Crippen LogP contribution in [0.2, 0.25) is 5.02 Å². The fourth-order valence-corrected chi connectivity index (χ4v) is 1.94. The Hall–Kier alpha value is -1.25. The molecule has 0 saturated heterocycles. The molecule has 1 aliphatic rings. The summed E-state index contributed by atoms with van der Waals surface area (Å²) >= 11 is 5.80. The van der Waals surface area contributed by atoms with Crippen LogP contribution in [0.15, 0.2) is 12.1 Å². The Bertz CT molecular complexity index is 527. The highest BCUT2D eigenvalue weighted by atomic mass is 35.5. The number of rotatable bonds is 3. The van der Waals surface area contributed by atoms with Gasteiger partial charge < -0.3 is 19.9 Å². The highest BCUT2D eigenvalue weighted by Crippen LogP contribution is 2.48. The van der Waals surface area contributed by atoms with Crippen molar-refractivity contribution in [3.05, 3.63) is 22.7 Å². The van der Waals surface area contributed by atoms with Gasteiger partial charge in [-0.2, -0.15) is 17.6 Å². The summed E-state index contributed by atoms with van der Waals surface area (Å²) in [5.41, 5.74) is 0.0596. The molecule has 112 valence electrons. The van der Waals surface area contributed by atoms with Crippen LogP contribution in [-0.4, -0.2) is 30.9 Å². The maximum Gasteiger partial charge on any atom is 0.507 e. The molecule has 0 saturated carbocycles. The summed E-state index contributed by atoms with van der Waals surface area (Å²) in [5, 5.41) is 12.3. The zero-order chi connectivity index (χ0) is 15.1. The molecule has 20 heavy (non-hydrogen) atoms. The van der Waals surface area contributed by atoms with Crippen molar-refractivity contribution in [2.45, 2.75) is 18.3 Å². The van der Waals surface area contributed by atoms with Gasteiger partial charge in [0.25, 0.3) is 0 Å². The van der Waals surface area contributed by atoms with Gasteiger partial charge in [-0.15, -0.1) is 0 Å². The van der Waals surface area contributed by atoms with Gasteiger partial charge in [0.05, 0.1) is 11.1 Å². The van der Waals surface area contributed by atoms with Crippen LogP contribution >= 0.6 is 11.6 Å². The van der Waals surface area contributed by atoms with Gasteiger partial charge in [0, 0.05) is 18.2 Å². The lowest BCUT2D eigenvalue weighted by Gasteiger charge is -2.32. The minimum atomic E-state index is -4.81. The Morgan fingerprint density at radius 1 is 1.20 bits per heavy atom. The second kappa shape index (κ2) is 4.94. The lowest BCUT2D eigenvalue weighted by atomic mass is 10.1. The number of benzene rings is 1. The number of halogens is 5. The van der Waals surface area contributed by atoms with Crippen LogP contribution in [-0.2, 0) is 0 Å². The fourth-order valence-electron chi connectivity index (χ4n) is 1.66. The van der Waals surface area contributed by atoms with Crippen molar-refractivity contribution >= 4 is 11.6 Å². The Morgan fingerprint density at radius 3 is 2.20 bits per heavy atom. The first-order valence-corrected chi connectivity index (χ1v) is 5.85. The Kier molecular flexibility index (Phi) is 3.74. The fraction of sp³-hybridized carbons (Fsp3) is 0.455. The first kappa shape index (κ1) is 15.1. The minimum Gasteiger partial charge on any atom is -0.421 e. The average Bonchev–Trinajstić information content (AvgIpc) is 2.30. The van der Waals surface area contributed by atoms with E-state index < -0.39 is 29.8 Å². The highest BCUT2D eigenvalue weighted by Gasteiger charge is 2.66. The van der Waals surface area contributed by atoms with Crippen molar-refractivity contribution in [1.82, 2.24) is 5.32 Å². The molecule has 0 spiro atoms. The van der Waals surface area contributed by atoms with Gasteiger partial charge in [0.2, 0.25) is 0 Å². The molecule has 2 N–H and O–H groups in total. The molecule has 0 amide bonds. The molecule has 1 heterocycles. The van der Waals surface area contributed by atoms with Crippen molar-refractivity contribution in [2.75, 3.05) is 13.6 Å². The van der Waals surface area contributed by atoms with Crippen molar-refractivity contribution in [3.63, 3.8) is 0 Å². The Labute approximate surface area is 116 Å². The van der Waals surface area contributed by atoms with Crippen LogP contribution in [0, 0.1) is 0 Å². The van der Waals surface area contributed by atoms with Crippen molar-refractivity contribution < 1.29 is 32.1 Å². The molecule has 4 nitrogen and oxygen atoms in total. The summed E-state index contributed by atoms with van der Waals surface area (Å²) in [6, 6.07) is 1.84. The standard InChI is InChI=1S/C11H10ClF4NO3/c1-17-4-7(18)5-2-8-9(3-6(5)12)20-11(15,16)10(13,14)19-8/h2-3,7,17-18H,4H2,1H3. The van der Waals surface area contributed by atoms with E-state index in [1.807, 2.05) is 0 Å². The number of ether oxygens (including phenoxy) is 2. The molecule has 0 aliphatic carbocycles. The van der Waals surface area contributed by atoms with Crippen LogP contribution in [0.25, 0.3) is 0 Å². The van der Waals surface area contributed by atoms with E-state index >= 15 is 0 Å². The second-order valence-electron chi connectivity index (χ2n) is 4.13. The van der Waals surface area contributed by atoms with E-state index in [9.17, 15) is 22.7 Å². The molecule has 1 aromatic rings. The van der Waals surface area contributed by atoms with Crippen LogP contribution in [0.3, 0.4) is 0 Å². The Balaban J connectivity index is 2.42. The molecular formula is C11H10ClF4NO3. The van der Waals surface area contributed by atoms with Gasteiger partial charge in [0.15, 0.2) is 11.5 Å². The molecule has 0 radical (unpaired) electrons. The van der Waals surface area contributed by atoms with Gasteiger partial charge >= 0.3 is 12.2 Å². The van der Waals surface area contributed by atoms with Crippen LogP contribution in [0.4, 0.5) is 17.6 Å². The van der Waals surface area contributed by atoms with E-state index in [-0.39, 0.29) is 17.1 Å². The van der Waals surface area contributed by atoms with Gasteiger partial charge in [-0.3, -0.25) is 0 Å². The van der Waals surface area contributed by atoms with Crippen molar-refractivity contribution in [3.8, 4) is 11.5 Å². The topological polar surface area (TPSA) is 50.7 Å². The molecule has 1 aliphatic heterocycles. The monoisotopic (exact) mass is 315 g/mol. The number of hydrogen-bond acceptors (Lipinski definition) is 4. The summed E-state index contributed by atoms with van der Waals surface area (Å²) in [6.45, 7) is 0.0892. The number of hydrogen-bond donors (Lipinski definition) is 2. The smallest absolute Gasteiger partial charge is 0.421 e. The third-order valence-electron chi connectivity index (χ3n) is 2.63. The van der Waals surface area contributed by atoms with Crippen molar-refractivity contribution in [2.24, 2.45) is 0 Å². The quantitative estimate of drug-likeness (QED) is 0.842. The molecule has 0 bridgehead atoms. The first-order valence-electron chi connectivity index (χ1n) is 5.47. The molecule has 2 rings (SSSR count). The maximum absolute atomic E-state index is 13.0. The molecule has 1 unspecified atom stereocenters. The number of likely N-dealkylation sites (N-methyl/N-ethyl adjacent to an activating group) is 1. The molecule has 1 aromatic carbocycles. The zero-order valence-electron chi connectivity index (χ0n) is 10.1. The molecule has 0 aromatic heterocycles. The predicted octanol–water partition coefficient (Wildman–Crippen LogP) is 2.55. The molecule has 0 fully saturated rings. The van der Waals surface area contributed by atoms with Gasteiger partial charge in [-0.25, -0.2) is 0 Å². The third-order valence-corrected chi connectivity index (χ3v) is 2.96. The SMILES string of the molecule is CNCC(O)c1cc2c(cc1Cl)OC(F)(F)C(F)(F)O2. The normalized spacial score (nSPS) is 20.6. The lowest BCUT2D eigenvalue weighted by molar-refractivity contribution is -0.391. The number of aliphatic hydroxyl groups is 1. The van der Waals surface area contributed by atoms with Crippen LogP contribution < -0.4 is 14.8 Å². The third kappa shape index (κ3) is 2.50. The first-order chi connectivity index (χ1) is 9.18. The van der Waals surface area contributed by atoms with Crippen LogP contribution in [0.1, 0.15) is 11.7 Å². The summed E-state index contributed by atoms with van der Waals surface area (Å²) in [5.74, 6) is -1.23. The molecule has 1 atom stereocenters. The zero-order valence-corrected chi connectivity index (χ0v) is 10.8. The van der Waals surface area contributed by atoms with E-state index in [1.165, 1.54) is 0 Å². The maximum atomic E-state index is 13.0. The van der Waals surface area contributed by atoms with Gasteiger partial charge in [-0.05, 0) is 13.1 Å². The minimum absolute atomic E-state index is 0.0596. The number of alkyl halides is 4. The van der Waals surface area contributed by atoms with E-state index in [0.29, 0.717) is 0 Å². The van der Waals surface area contributed by atoms with Gasteiger partial charge in [0.1, 0.15) is 0 Å². The van der Waals surface area contributed by atoms with Crippen LogP contribution in [0.5, 0.6) is 11.5 Å². The largest absolute Gasteiger partial charge is 0.507 e. The average molecular weight is 316 g/mol. The second-order valence-corrected chi connectivity index (χ2v) is 4.54.